The maximum absolute atomic E-state index is 13.1. The summed E-state index contributed by atoms with van der Waals surface area (Å²) < 4.78 is 13.3. The molecular formula is C19H20ClN5O4S. The van der Waals surface area contributed by atoms with Crippen molar-refractivity contribution >= 4 is 40.3 Å². The molecular weight excluding hydrogens is 430 g/mol. The van der Waals surface area contributed by atoms with Gasteiger partial charge in [-0.15, -0.1) is 0 Å². The Morgan fingerprint density at radius 3 is 2.93 bits per heavy atom. The van der Waals surface area contributed by atoms with Crippen molar-refractivity contribution in [3.63, 3.8) is 0 Å². The topological polar surface area (TPSA) is 100 Å². The molecule has 158 valence electrons. The lowest BCUT2D eigenvalue weighted by Crippen LogP contribution is -2.36. The molecule has 1 amide bonds. The minimum atomic E-state index is -0.513. The molecule has 0 fully saturated rings. The number of hydrogen-bond acceptors (Lipinski definition) is 7. The van der Waals surface area contributed by atoms with Crippen molar-refractivity contribution in [2.24, 2.45) is 0 Å². The number of rotatable bonds is 7. The van der Waals surface area contributed by atoms with E-state index in [0.29, 0.717) is 27.0 Å². The first-order chi connectivity index (χ1) is 14.5. The SMILES string of the molecule is COC(CNC(=O)CC1CSc2nc3c(cnn3-c3cccc(Cl)c3)c(=O)n21)OC. The predicted octanol–water partition coefficient (Wildman–Crippen LogP) is 2.01. The van der Waals surface area contributed by atoms with E-state index in [-0.39, 0.29) is 30.5 Å². The van der Waals surface area contributed by atoms with Gasteiger partial charge >= 0.3 is 0 Å². The second-order valence-corrected chi connectivity index (χ2v) is 8.14. The van der Waals surface area contributed by atoms with Crippen LogP contribution in [-0.4, -0.2) is 58.0 Å². The third-order valence-corrected chi connectivity index (χ3v) is 6.17. The normalized spacial score (nSPS) is 15.7. The summed E-state index contributed by atoms with van der Waals surface area (Å²) >= 11 is 7.53. The average Bonchev–Trinajstić information content (AvgIpc) is 3.34. The maximum atomic E-state index is 13.1. The number of amides is 1. The van der Waals surface area contributed by atoms with Crippen molar-refractivity contribution in [3.8, 4) is 5.69 Å². The van der Waals surface area contributed by atoms with Crippen LogP contribution >= 0.6 is 23.4 Å². The second kappa shape index (κ2) is 8.76. The fourth-order valence-electron chi connectivity index (χ4n) is 3.32. The van der Waals surface area contributed by atoms with Gasteiger partial charge in [-0.3, -0.25) is 14.2 Å². The van der Waals surface area contributed by atoms with E-state index < -0.39 is 6.29 Å². The highest BCUT2D eigenvalue weighted by Crippen LogP contribution is 2.33. The smallest absolute Gasteiger partial charge is 0.265 e. The number of benzene rings is 1. The molecule has 0 spiro atoms. The summed E-state index contributed by atoms with van der Waals surface area (Å²) in [6.07, 6.45) is 1.15. The van der Waals surface area contributed by atoms with Crippen LogP contribution in [0.25, 0.3) is 16.7 Å². The van der Waals surface area contributed by atoms with Crippen LogP contribution in [0.1, 0.15) is 12.5 Å². The molecule has 2 aromatic heterocycles. The molecule has 1 aliphatic heterocycles. The second-order valence-electron chi connectivity index (χ2n) is 6.72. The quantitative estimate of drug-likeness (QED) is 0.435. The number of methoxy groups -OCH3 is 2. The summed E-state index contributed by atoms with van der Waals surface area (Å²) in [4.78, 5) is 30.1. The van der Waals surface area contributed by atoms with Crippen LogP contribution in [0.4, 0.5) is 0 Å². The molecule has 3 heterocycles. The minimum absolute atomic E-state index is 0.162. The number of halogens is 1. The fourth-order valence-corrected chi connectivity index (χ4v) is 4.64. The molecule has 1 unspecified atom stereocenters. The summed E-state index contributed by atoms with van der Waals surface area (Å²) in [6, 6.07) is 6.90. The molecule has 11 heteroatoms. The molecule has 9 nitrogen and oxygen atoms in total. The van der Waals surface area contributed by atoms with Crippen molar-refractivity contribution in [3.05, 3.63) is 45.8 Å². The number of aromatic nitrogens is 4. The van der Waals surface area contributed by atoms with E-state index in [9.17, 15) is 9.59 Å². The van der Waals surface area contributed by atoms with Gasteiger partial charge in [0.15, 0.2) is 17.1 Å². The van der Waals surface area contributed by atoms with E-state index in [2.05, 4.69) is 15.4 Å². The molecule has 0 aliphatic carbocycles. The molecule has 0 bridgehead atoms. The number of carbonyl (C=O) groups is 1. The van der Waals surface area contributed by atoms with Crippen molar-refractivity contribution in [1.29, 1.82) is 0 Å². The van der Waals surface area contributed by atoms with Crippen molar-refractivity contribution in [2.75, 3.05) is 26.5 Å². The number of hydrogen-bond donors (Lipinski definition) is 1. The first-order valence-electron chi connectivity index (χ1n) is 9.23. The van der Waals surface area contributed by atoms with Gasteiger partial charge in [-0.25, -0.2) is 9.67 Å². The number of nitrogens with one attached hydrogen (secondary N) is 1. The number of thioether (sulfide) groups is 1. The van der Waals surface area contributed by atoms with E-state index in [1.807, 2.05) is 12.1 Å². The van der Waals surface area contributed by atoms with Gasteiger partial charge in [0.25, 0.3) is 5.56 Å². The van der Waals surface area contributed by atoms with E-state index in [1.165, 1.54) is 32.2 Å². The highest BCUT2D eigenvalue weighted by molar-refractivity contribution is 7.99. The Balaban J connectivity index is 1.60. The molecule has 4 rings (SSSR count). The first kappa shape index (κ1) is 20.9. The van der Waals surface area contributed by atoms with E-state index in [4.69, 9.17) is 21.1 Å². The molecule has 0 radical (unpaired) electrons. The zero-order valence-electron chi connectivity index (χ0n) is 16.4. The lowest BCUT2D eigenvalue weighted by Gasteiger charge is -2.16. The third kappa shape index (κ3) is 3.95. The third-order valence-electron chi connectivity index (χ3n) is 4.84. The first-order valence-corrected chi connectivity index (χ1v) is 10.6. The lowest BCUT2D eigenvalue weighted by atomic mass is 10.2. The van der Waals surface area contributed by atoms with Crippen LogP contribution in [0.15, 0.2) is 40.4 Å². The summed E-state index contributed by atoms with van der Waals surface area (Å²) in [5, 5.41) is 8.63. The average molecular weight is 450 g/mol. The van der Waals surface area contributed by atoms with E-state index in [0.717, 1.165) is 5.69 Å². The van der Waals surface area contributed by atoms with Crippen LogP contribution in [-0.2, 0) is 14.3 Å². The molecule has 1 atom stereocenters. The number of ether oxygens (including phenoxy) is 2. The standard InChI is InChI=1S/C19H20ClN5O4S/c1-28-16(29-2)9-21-15(26)7-13-10-30-19-23-17-14(18(27)24(13)19)8-22-25(17)12-5-3-4-11(20)6-12/h3-6,8,13,16H,7,9-10H2,1-2H3,(H,21,26). The number of carbonyl (C=O) groups excluding carboxylic acids is 1. The summed E-state index contributed by atoms with van der Waals surface area (Å²) in [5.41, 5.74) is 0.978. The maximum Gasteiger partial charge on any atom is 0.265 e. The van der Waals surface area contributed by atoms with Crippen LogP contribution in [0.3, 0.4) is 0 Å². The Hall–Kier alpha value is -2.40. The molecule has 30 heavy (non-hydrogen) atoms. The van der Waals surface area contributed by atoms with Crippen molar-refractivity contribution < 1.29 is 14.3 Å². The number of nitrogens with zero attached hydrogens (tertiary/aromatic N) is 4. The highest BCUT2D eigenvalue weighted by atomic mass is 35.5. The van der Waals surface area contributed by atoms with Crippen LogP contribution < -0.4 is 10.9 Å². The monoisotopic (exact) mass is 449 g/mol. The Bertz CT molecular complexity index is 1140. The van der Waals surface area contributed by atoms with Gasteiger partial charge < -0.3 is 14.8 Å². The zero-order chi connectivity index (χ0) is 21.3. The van der Waals surface area contributed by atoms with Gasteiger partial charge in [0.1, 0.15) is 5.39 Å². The van der Waals surface area contributed by atoms with Gasteiger partial charge in [0.05, 0.1) is 24.5 Å². The lowest BCUT2D eigenvalue weighted by molar-refractivity contribution is -0.128. The molecule has 0 saturated heterocycles. The molecule has 0 saturated carbocycles. The molecule has 1 aliphatic rings. The Kier molecular flexibility index (Phi) is 6.09. The van der Waals surface area contributed by atoms with Crippen molar-refractivity contribution in [2.45, 2.75) is 23.9 Å². The number of fused-ring (bicyclic) bond motifs is 2. The summed E-state index contributed by atoms with van der Waals surface area (Å²) in [5.74, 6) is 0.402. The van der Waals surface area contributed by atoms with E-state index in [1.54, 1.807) is 21.4 Å². The van der Waals surface area contributed by atoms with Crippen LogP contribution in [0.5, 0.6) is 0 Å². The van der Waals surface area contributed by atoms with Gasteiger partial charge in [0.2, 0.25) is 5.91 Å². The van der Waals surface area contributed by atoms with Gasteiger partial charge in [0, 0.05) is 31.4 Å². The largest absolute Gasteiger partial charge is 0.354 e. The Morgan fingerprint density at radius 2 is 2.20 bits per heavy atom. The molecule has 1 N–H and O–H groups in total. The predicted molar refractivity (Wildman–Crippen MR) is 113 cm³/mol. The van der Waals surface area contributed by atoms with Crippen molar-refractivity contribution in [1.82, 2.24) is 24.6 Å². The van der Waals surface area contributed by atoms with Gasteiger partial charge in [-0.1, -0.05) is 29.4 Å². The minimum Gasteiger partial charge on any atom is -0.354 e. The molecule has 1 aromatic carbocycles. The van der Waals surface area contributed by atoms with E-state index >= 15 is 0 Å². The van der Waals surface area contributed by atoms with Crippen LogP contribution in [0.2, 0.25) is 5.02 Å². The Labute approximate surface area is 181 Å². The zero-order valence-corrected chi connectivity index (χ0v) is 17.9. The summed E-state index contributed by atoms with van der Waals surface area (Å²) in [7, 11) is 3.01. The van der Waals surface area contributed by atoms with Gasteiger partial charge in [-0.05, 0) is 18.2 Å². The highest BCUT2D eigenvalue weighted by Gasteiger charge is 2.29. The summed E-state index contributed by atoms with van der Waals surface area (Å²) in [6.45, 7) is 0.233. The van der Waals surface area contributed by atoms with Crippen LogP contribution in [0, 0.1) is 0 Å². The fraction of sp³-hybridized carbons (Fsp3) is 0.368. The molecule has 3 aromatic rings. The van der Waals surface area contributed by atoms with Gasteiger partial charge in [-0.2, -0.15) is 5.10 Å². The Morgan fingerprint density at radius 1 is 1.40 bits per heavy atom.